The van der Waals surface area contributed by atoms with E-state index in [0.717, 1.165) is 40.2 Å². The topological polar surface area (TPSA) is 95.7 Å². The molecule has 5 rings (SSSR count). The van der Waals surface area contributed by atoms with Gasteiger partial charge in [-0.05, 0) is 42.5 Å². The Labute approximate surface area is 217 Å². The molecular formula is C26H27BrN6O3. The fourth-order valence-corrected chi connectivity index (χ4v) is 4.49. The number of pyridine rings is 1. The Morgan fingerprint density at radius 3 is 2.56 bits per heavy atom. The summed E-state index contributed by atoms with van der Waals surface area (Å²) < 4.78 is 9.08. The monoisotopic (exact) mass is 550 g/mol. The average molecular weight is 551 g/mol. The van der Waals surface area contributed by atoms with Gasteiger partial charge in [0, 0.05) is 68.3 Å². The van der Waals surface area contributed by atoms with Crippen molar-refractivity contribution in [3.05, 3.63) is 71.0 Å². The maximum absolute atomic E-state index is 13.0. The number of hydrogen-bond acceptors (Lipinski definition) is 7. The number of nitrogens with zero attached hydrogens (tertiary/aromatic N) is 5. The number of aliphatic hydroxyl groups is 1. The zero-order chi connectivity index (χ0) is 25.1. The molecule has 1 aliphatic rings. The minimum absolute atomic E-state index is 0.118. The second-order valence-corrected chi connectivity index (χ2v) is 9.53. The number of halogens is 1. The molecule has 1 aliphatic heterocycles. The van der Waals surface area contributed by atoms with Crippen LogP contribution < -0.4 is 10.1 Å². The number of ether oxygens (including phenoxy) is 1. The number of rotatable bonds is 7. The minimum Gasteiger partial charge on any atom is -0.457 e. The largest absolute Gasteiger partial charge is 0.457 e. The maximum atomic E-state index is 13.0. The van der Waals surface area contributed by atoms with Gasteiger partial charge in [0.2, 0.25) is 5.95 Å². The molecule has 36 heavy (non-hydrogen) atoms. The predicted molar refractivity (Wildman–Crippen MR) is 142 cm³/mol. The normalized spacial score (nSPS) is 14.2. The molecular weight excluding hydrogens is 524 g/mol. The third-order valence-electron chi connectivity index (χ3n) is 6.21. The first-order valence-corrected chi connectivity index (χ1v) is 12.5. The smallest absolute Gasteiger partial charge is 0.272 e. The number of fused-ring (bicyclic) bond motifs is 1. The van der Waals surface area contributed by atoms with Gasteiger partial charge < -0.3 is 24.6 Å². The number of β-amino-alcohol motifs (C(OH)–C–C–N with tert-alkyl or cyclic N) is 1. The molecule has 1 saturated heterocycles. The molecule has 0 unspecified atom stereocenters. The number of amides is 1. The lowest BCUT2D eigenvalue weighted by Gasteiger charge is -2.34. The van der Waals surface area contributed by atoms with Crippen molar-refractivity contribution in [2.24, 2.45) is 7.05 Å². The van der Waals surface area contributed by atoms with Crippen LogP contribution in [-0.4, -0.2) is 74.7 Å². The average Bonchev–Trinajstić information content (AvgIpc) is 3.20. The van der Waals surface area contributed by atoms with Gasteiger partial charge in [-0.25, -0.2) is 4.98 Å². The number of imidazole rings is 1. The molecule has 1 amide bonds. The molecule has 2 aromatic carbocycles. The van der Waals surface area contributed by atoms with Crippen LogP contribution in [0.4, 0.5) is 11.6 Å². The highest BCUT2D eigenvalue weighted by molar-refractivity contribution is 9.10. The van der Waals surface area contributed by atoms with Gasteiger partial charge in [-0.3, -0.25) is 14.7 Å². The van der Waals surface area contributed by atoms with E-state index in [1.807, 2.05) is 54.1 Å². The molecule has 2 N–H and O–H groups in total. The van der Waals surface area contributed by atoms with Gasteiger partial charge in [-0.1, -0.05) is 15.9 Å². The van der Waals surface area contributed by atoms with Crippen LogP contribution in [0.25, 0.3) is 11.0 Å². The fraction of sp³-hybridized carbons (Fsp3) is 0.269. The Bertz CT molecular complexity index is 1370. The summed E-state index contributed by atoms with van der Waals surface area (Å²) in [5.74, 6) is 1.77. The van der Waals surface area contributed by atoms with Gasteiger partial charge in [0.15, 0.2) is 0 Å². The van der Waals surface area contributed by atoms with E-state index in [2.05, 4.69) is 31.1 Å². The van der Waals surface area contributed by atoms with E-state index >= 15 is 0 Å². The summed E-state index contributed by atoms with van der Waals surface area (Å²) in [6, 6.07) is 17.0. The molecule has 0 spiro atoms. The number of carbonyl (C=O) groups is 1. The number of anilines is 2. The second-order valence-electron chi connectivity index (χ2n) is 8.61. The van der Waals surface area contributed by atoms with Gasteiger partial charge >= 0.3 is 0 Å². The lowest BCUT2D eigenvalue weighted by Crippen LogP contribution is -2.49. The SMILES string of the molecule is Cn1c(Nc2ccc(Br)cc2)nc2cc(Oc3ccnc(C(=O)N4CCN(CCO)CC4)c3)ccc21. The summed E-state index contributed by atoms with van der Waals surface area (Å²) in [4.78, 5) is 25.9. The highest BCUT2D eigenvalue weighted by atomic mass is 79.9. The highest BCUT2D eigenvalue weighted by Crippen LogP contribution is 2.28. The van der Waals surface area contributed by atoms with Gasteiger partial charge in [0.1, 0.15) is 17.2 Å². The van der Waals surface area contributed by atoms with E-state index in [-0.39, 0.29) is 12.5 Å². The van der Waals surface area contributed by atoms with E-state index < -0.39 is 0 Å². The van der Waals surface area contributed by atoms with Gasteiger partial charge in [0.25, 0.3) is 5.91 Å². The van der Waals surface area contributed by atoms with Crippen LogP contribution in [0.15, 0.2) is 65.3 Å². The lowest BCUT2D eigenvalue weighted by atomic mass is 10.2. The van der Waals surface area contributed by atoms with E-state index in [9.17, 15) is 4.79 Å². The summed E-state index contributed by atoms with van der Waals surface area (Å²) in [7, 11) is 1.96. The molecule has 3 heterocycles. The van der Waals surface area contributed by atoms with Crippen molar-refractivity contribution < 1.29 is 14.6 Å². The van der Waals surface area contributed by atoms with Crippen molar-refractivity contribution in [2.45, 2.75) is 0 Å². The first kappa shape index (κ1) is 24.2. The summed E-state index contributed by atoms with van der Waals surface area (Å²) in [5, 5.41) is 12.5. The van der Waals surface area contributed by atoms with Crippen molar-refractivity contribution >= 4 is 44.5 Å². The third-order valence-corrected chi connectivity index (χ3v) is 6.74. The first-order valence-electron chi connectivity index (χ1n) is 11.8. The van der Waals surface area contributed by atoms with Crippen molar-refractivity contribution in [1.82, 2.24) is 24.3 Å². The number of nitrogens with one attached hydrogen (secondary N) is 1. The van der Waals surface area contributed by atoms with Crippen molar-refractivity contribution in [1.29, 1.82) is 0 Å². The fourth-order valence-electron chi connectivity index (χ4n) is 4.22. The van der Waals surface area contributed by atoms with Crippen molar-refractivity contribution in [3.63, 3.8) is 0 Å². The van der Waals surface area contributed by atoms with Crippen LogP contribution in [0.1, 0.15) is 10.5 Å². The molecule has 1 fully saturated rings. The molecule has 9 nitrogen and oxygen atoms in total. The van der Waals surface area contributed by atoms with Crippen LogP contribution in [0, 0.1) is 0 Å². The second kappa shape index (κ2) is 10.7. The number of aromatic nitrogens is 3. The number of aryl methyl sites for hydroxylation is 1. The molecule has 186 valence electrons. The number of hydrogen-bond donors (Lipinski definition) is 2. The first-order chi connectivity index (χ1) is 17.5. The van der Waals surface area contributed by atoms with Crippen LogP contribution in [0.2, 0.25) is 0 Å². The number of benzene rings is 2. The summed E-state index contributed by atoms with van der Waals surface area (Å²) in [5.41, 5.74) is 3.05. The lowest BCUT2D eigenvalue weighted by molar-refractivity contribution is 0.0609. The van der Waals surface area contributed by atoms with Crippen LogP contribution in [0.5, 0.6) is 11.5 Å². The van der Waals surface area contributed by atoms with Crippen LogP contribution >= 0.6 is 15.9 Å². The van der Waals surface area contributed by atoms with Gasteiger partial charge in [0.05, 0.1) is 17.6 Å². The van der Waals surface area contributed by atoms with Gasteiger partial charge in [-0.2, -0.15) is 0 Å². The molecule has 0 saturated carbocycles. The molecule has 2 aromatic heterocycles. The van der Waals surface area contributed by atoms with Gasteiger partial charge in [-0.15, -0.1) is 0 Å². The predicted octanol–water partition coefficient (Wildman–Crippen LogP) is 4.02. The Kier molecular flexibility index (Phi) is 7.17. The van der Waals surface area contributed by atoms with Crippen molar-refractivity contribution in [2.75, 3.05) is 44.6 Å². The number of piperazine rings is 1. The zero-order valence-electron chi connectivity index (χ0n) is 19.9. The van der Waals surface area contributed by atoms with Crippen LogP contribution in [-0.2, 0) is 7.05 Å². The number of carbonyl (C=O) groups excluding carboxylic acids is 1. The summed E-state index contributed by atoms with van der Waals surface area (Å²) in [6.45, 7) is 3.46. The molecule has 0 bridgehead atoms. The highest BCUT2D eigenvalue weighted by Gasteiger charge is 2.23. The number of aliphatic hydroxyl groups excluding tert-OH is 1. The molecule has 0 atom stereocenters. The molecule has 0 radical (unpaired) electrons. The van der Waals surface area contributed by atoms with E-state index in [0.29, 0.717) is 36.8 Å². The summed E-state index contributed by atoms with van der Waals surface area (Å²) in [6.07, 6.45) is 1.59. The molecule has 10 heteroatoms. The standard InChI is InChI=1S/C26H27BrN6O3/c1-31-24-7-6-20(16-22(24)30-26(31)29-19-4-2-18(27)3-5-19)36-21-8-9-28-23(17-21)25(35)33-12-10-32(11-13-33)14-15-34/h2-9,16-17,34H,10-15H2,1H3,(H,29,30). The van der Waals surface area contributed by atoms with Crippen molar-refractivity contribution in [3.8, 4) is 11.5 Å². The molecule has 4 aromatic rings. The minimum atomic E-state index is -0.118. The Morgan fingerprint density at radius 1 is 1.06 bits per heavy atom. The van der Waals surface area contributed by atoms with E-state index in [4.69, 9.17) is 14.8 Å². The zero-order valence-corrected chi connectivity index (χ0v) is 21.5. The Morgan fingerprint density at radius 2 is 1.81 bits per heavy atom. The molecule has 0 aliphatic carbocycles. The van der Waals surface area contributed by atoms with E-state index in [1.54, 1.807) is 23.2 Å². The maximum Gasteiger partial charge on any atom is 0.272 e. The Hall–Kier alpha value is -3.47. The quantitative estimate of drug-likeness (QED) is 0.358. The van der Waals surface area contributed by atoms with E-state index in [1.165, 1.54) is 0 Å². The van der Waals surface area contributed by atoms with Crippen LogP contribution in [0.3, 0.4) is 0 Å². The summed E-state index contributed by atoms with van der Waals surface area (Å²) >= 11 is 3.45. The third kappa shape index (κ3) is 5.35. The Balaban J connectivity index is 1.29.